The third-order valence-electron chi connectivity index (χ3n) is 4.84. The second-order valence-corrected chi connectivity index (χ2v) is 7.04. The molecule has 0 aliphatic rings. The Morgan fingerprint density at radius 3 is 2.61 bits per heavy atom. The standard InChI is InChI=1S/C23H20N6O2/c1-14-4-6-26-12-18(14)16-7-17-9-21(27-13-19(17)20(24)8-16)29-23(31)22(30)28-11-15-3-2-5-25-10-15/h2-10,12-13H,11,24H2,1H3,(H,28,30)(H,27,29,31). The Kier molecular flexibility index (Phi) is 5.53. The smallest absolute Gasteiger partial charge is 0.314 e. The number of benzene rings is 1. The quantitative estimate of drug-likeness (QED) is 0.350. The molecule has 154 valence electrons. The number of hydrogen-bond donors (Lipinski definition) is 3. The molecule has 0 saturated heterocycles. The van der Waals surface area contributed by atoms with Gasteiger partial charge in [-0.05, 0) is 59.3 Å². The van der Waals surface area contributed by atoms with Crippen LogP contribution < -0.4 is 16.4 Å². The minimum atomic E-state index is -0.803. The Balaban J connectivity index is 1.53. The molecule has 0 aliphatic carbocycles. The van der Waals surface area contributed by atoms with Crippen molar-refractivity contribution in [2.45, 2.75) is 13.5 Å². The molecule has 1 aromatic carbocycles. The number of pyridine rings is 3. The van der Waals surface area contributed by atoms with Gasteiger partial charge in [-0.15, -0.1) is 0 Å². The first-order chi connectivity index (χ1) is 15.0. The third kappa shape index (κ3) is 4.48. The van der Waals surface area contributed by atoms with Crippen molar-refractivity contribution in [3.05, 3.63) is 78.5 Å². The monoisotopic (exact) mass is 412 g/mol. The van der Waals surface area contributed by atoms with Crippen LogP contribution in [0.2, 0.25) is 0 Å². The zero-order chi connectivity index (χ0) is 21.8. The normalized spacial score (nSPS) is 10.6. The van der Waals surface area contributed by atoms with Crippen LogP contribution >= 0.6 is 0 Å². The summed E-state index contributed by atoms with van der Waals surface area (Å²) in [6.07, 6.45) is 8.35. The molecular formula is C23H20N6O2. The largest absolute Gasteiger partial charge is 0.398 e. The Labute approximate surface area is 178 Å². The Morgan fingerprint density at radius 2 is 1.84 bits per heavy atom. The Hall–Kier alpha value is -4.33. The molecule has 0 atom stereocenters. The summed E-state index contributed by atoms with van der Waals surface area (Å²) in [5, 5.41) is 6.63. The van der Waals surface area contributed by atoms with Gasteiger partial charge in [0.25, 0.3) is 0 Å². The number of carbonyl (C=O) groups is 2. The first kappa shape index (κ1) is 20.0. The van der Waals surface area contributed by atoms with Crippen LogP contribution in [0.3, 0.4) is 0 Å². The molecule has 0 fully saturated rings. The zero-order valence-corrected chi connectivity index (χ0v) is 16.8. The summed E-state index contributed by atoms with van der Waals surface area (Å²) in [4.78, 5) is 36.7. The summed E-state index contributed by atoms with van der Waals surface area (Å²) in [6, 6.07) is 11.0. The summed E-state index contributed by atoms with van der Waals surface area (Å²) in [6.45, 7) is 2.20. The fourth-order valence-electron chi connectivity index (χ4n) is 3.21. The second-order valence-electron chi connectivity index (χ2n) is 7.04. The van der Waals surface area contributed by atoms with E-state index in [0.29, 0.717) is 5.69 Å². The SMILES string of the molecule is Cc1ccncc1-c1cc(N)c2cnc(NC(=O)C(=O)NCc3cccnc3)cc2c1. The number of aryl methyl sites for hydroxylation is 1. The minimum Gasteiger partial charge on any atom is -0.398 e. The van der Waals surface area contributed by atoms with Crippen molar-refractivity contribution in [1.82, 2.24) is 20.3 Å². The van der Waals surface area contributed by atoms with E-state index < -0.39 is 11.8 Å². The summed E-state index contributed by atoms with van der Waals surface area (Å²) >= 11 is 0. The van der Waals surface area contributed by atoms with Gasteiger partial charge in [0, 0.05) is 54.2 Å². The van der Waals surface area contributed by atoms with Crippen LogP contribution in [0.4, 0.5) is 11.5 Å². The summed E-state index contributed by atoms with van der Waals surface area (Å²) in [7, 11) is 0. The van der Waals surface area contributed by atoms with Gasteiger partial charge in [-0.25, -0.2) is 4.98 Å². The molecule has 0 spiro atoms. The number of nitrogens with two attached hydrogens (primary N) is 1. The van der Waals surface area contributed by atoms with Gasteiger partial charge in [-0.2, -0.15) is 0 Å². The van der Waals surface area contributed by atoms with E-state index in [1.807, 2.05) is 31.2 Å². The van der Waals surface area contributed by atoms with Crippen molar-refractivity contribution in [3.8, 4) is 11.1 Å². The van der Waals surface area contributed by atoms with E-state index in [0.717, 1.165) is 33.0 Å². The van der Waals surface area contributed by atoms with Gasteiger partial charge in [-0.3, -0.25) is 19.6 Å². The van der Waals surface area contributed by atoms with E-state index in [4.69, 9.17) is 5.73 Å². The van der Waals surface area contributed by atoms with Crippen LogP contribution in [0.25, 0.3) is 21.9 Å². The third-order valence-corrected chi connectivity index (χ3v) is 4.84. The average molecular weight is 412 g/mol. The van der Waals surface area contributed by atoms with Crippen molar-refractivity contribution in [3.63, 3.8) is 0 Å². The van der Waals surface area contributed by atoms with Crippen molar-refractivity contribution >= 4 is 34.1 Å². The van der Waals surface area contributed by atoms with Crippen molar-refractivity contribution < 1.29 is 9.59 Å². The topological polar surface area (TPSA) is 123 Å². The van der Waals surface area contributed by atoms with Gasteiger partial charge in [0.15, 0.2) is 0 Å². The number of nitrogens with one attached hydrogen (secondary N) is 2. The fraction of sp³-hybridized carbons (Fsp3) is 0.0870. The number of amides is 2. The number of rotatable bonds is 4. The van der Waals surface area contributed by atoms with Gasteiger partial charge in [-0.1, -0.05) is 6.07 Å². The minimum absolute atomic E-state index is 0.204. The highest BCUT2D eigenvalue weighted by atomic mass is 16.2. The maximum absolute atomic E-state index is 12.3. The maximum atomic E-state index is 12.3. The van der Waals surface area contributed by atoms with E-state index in [9.17, 15) is 9.59 Å². The highest BCUT2D eigenvalue weighted by Gasteiger charge is 2.15. The number of nitrogen functional groups attached to an aromatic ring is 1. The number of fused-ring (bicyclic) bond motifs is 1. The maximum Gasteiger partial charge on any atom is 0.314 e. The molecule has 4 aromatic rings. The first-order valence-electron chi connectivity index (χ1n) is 9.59. The second kappa shape index (κ2) is 8.58. The van der Waals surface area contributed by atoms with Gasteiger partial charge < -0.3 is 16.4 Å². The van der Waals surface area contributed by atoms with Crippen molar-refractivity contribution in [2.75, 3.05) is 11.1 Å². The molecule has 0 saturated carbocycles. The highest BCUT2D eigenvalue weighted by molar-refractivity contribution is 6.39. The van der Waals surface area contributed by atoms with Crippen LogP contribution in [-0.2, 0) is 16.1 Å². The van der Waals surface area contributed by atoms with Gasteiger partial charge >= 0.3 is 11.8 Å². The predicted molar refractivity (Wildman–Crippen MR) is 119 cm³/mol. The number of anilines is 2. The molecule has 31 heavy (non-hydrogen) atoms. The molecule has 3 aromatic heterocycles. The van der Waals surface area contributed by atoms with E-state index >= 15 is 0 Å². The number of aromatic nitrogens is 3. The lowest BCUT2D eigenvalue weighted by Crippen LogP contribution is -2.35. The Bertz CT molecular complexity index is 1270. The molecule has 4 rings (SSSR count). The first-order valence-corrected chi connectivity index (χ1v) is 9.59. The van der Waals surface area contributed by atoms with Crippen LogP contribution in [0, 0.1) is 6.92 Å². The Morgan fingerprint density at radius 1 is 1.00 bits per heavy atom. The lowest BCUT2D eigenvalue weighted by atomic mass is 9.99. The van der Waals surface area contributed by atoms with Crippen molar-refractivity contribution in [1.29, 1.82) is 0 Å². The van der Waals surface area contributed by atoms with E-state index in [-0.39, 0.29) is 12.4 Å². The van der Waals surface area contributed by atoms with Gasteiger partial charge in [0.2, 0.25) is 0 Å². The molecule has 0 aliphatic heterocycles. The molecule has 2 amide bonds. The lowest BCUT2D eigenvalue weighted by molar-refractivity contribution is -0.136. The molecule has 0 radical (unpaired) electrons. The van der Waals surface area contributed by atoms with Crippen LogP contribution in [0.1, 0.15) is 11.1 Å². The molecular weight excluding hydrogens is 392 g/mol. The molecule has 4 N–H and O–H groups in total. The summed E-state index contributed by atoms with van der Waals surface area (Å²) < 4.78 is 0. The predicted octanol–water partition coefficient (Wildman–Crippen LogP) is 2.84. The number of hydrogen-bond acceptors (Lipinski definition) is 6. The van der Waals surface area contributed by atoms with Crippen LogP contribution in [-0.4, -0.2) is 26.8 Å². The summed E-state index contributed by atoms with van der Waals surface area (Å²) in [5.41, 5.74) is 10.5. The van der Waals surface area contributed by atoms with Crippen LogP contribution in [0.5, 0.6) is 0 Å². The summed E-state index contributed by atoms with van der Waals surface area (Å²) in [5.74, 6) is -1.30. The molecule has 8 nitrogen and oxygen atoms in total. The molecule has 3 heterocycles. The van der Waals surface area contributed by atoms with Crippen molar-refractivity contribution in [2.24, 2.45) is 0 Å². The molecule has 8 heteroatoms. The molecule has 0 bridgehead atoms. The highest BCUT2D eigenvalue weighted by Crippen LogP contribution is 2.31. The average Bonchev–Trinajstić information content (AvgIpc) is 2.78. The van der Waals surface area contributed by atoms with Gasteiger partial charge in [0.05, 0.1) is 0 Å². The van der Waals surface area contributed by atoms with Gasteiger partial charge in [0.1, 0.15) is 5.82 Å². The van der Waals surface area contributed by atoms with E-state index in [1.54, 1.807) is 43.1 Å². The molecule has 0 unspecified atom stereocenters. The lowest BCUT2D eigenvalue weighted by Gasteiger charge is -2.11. The zero-order valence-electron chi connectivity index (χ0n) is 16.8. The van der Waals surface area contributed by atoms with E-state index in [2.05, 4.69) is 25.6 Å². The van der Waals surface area contributed by atoms with Crippen LogP contribution in [0.15, 0.2) is 67.4 Å². The van der Waals surface area contributed by atoms with E-state index in [1.165, 1.54) is 0 Å². The number of nitrogens with zero attached hydrogens (tertiary/aromatic N) is 3. The number of carbonyl (C=O) groups excluding carboxylic acids is 2. The fourth-order valence-corrected chi connectivity index (χ4v) is 3.21.